The zero-order chi connectivity index (χ0) is 14.3. The summed E-state index contributed by atoms with van der Waals surface area (Å²) in [6, 6.07) is 1.34. The van der Waals surface area contributed by atoms with Crippen LogP contribution in [0.25, 0.3) is 0 Å². The van der Waals surface area contributed by atoms with E-state index in [0.717, 1.165) is 0 Å². The smallest absolute Gasteiger partial charge is 0.340 e. The van der Waals surface area contributed by atoms with Gasteiger partial charge in [0.1, 0.15) is 0 Å². The number of hydrogen-bond donors (Lipinski definition) is 2. The third-order valence-corrected chi connectivity index (χ3v) is 3.36. The molecule has 1 rings (SSSR count). The Morgan fingerprint density at radius 2 is 1.78 bits per heavy atom. The summed E-state index contributed by atoms with van der Waals surface area (Å²) < 4.78 is 4.48. The summed E-state index contributed by atoms with van der Waals surface area (Å²) in [6.45, 7) is 0.184. The number of rotatable bonds is 2. The van der Waals surface area contributed by atoms with Crippen molar-refractivity contribution in [1.29, 1.82) is 0 Å². The number of esters is 1. The van der Waals surface area contributed by atoms with Crippen LogP contribution in [-0.2, 0) is 4.74 Å². The number of aliphatic hydroxyl groups excluding tert-OH is 1. The van der Waals surface area contributed by atoms with E-state index >= 15 is 0 Å². The van der Waals surface area contributed by atoms with Crippen molar-refractivity contribution in [1.82, 2.24) is 0 Å². The number of methoxy groups -OCH3 is 1. The first kappa shape index (κ1) is 18.2. The molecule has 0 unspecified atom stereocenters. The molecular formula is C10H10Cl4O3S. The highest BCUT2D eigenvalue weighted by atomic mass is 35.5. The lowest BCUT2D eigenvalue weighted by Gasteiger charge is -2.07. The third-order valence-electron chi connectivity index (χ3n) is 1.60. The van der Waals surface area contributed by atoms with Crippen LogP contribution in [0.4, 0.5) is 0 Å². The van der Waals surface area contributed by atoms with Crippen LogP contribution in [0.2, 0.25) is 20.1 Å². The van der Waals surface area contributed by atoms with Gasteiger partial charge in [0.15, 0.2) is 0 Å². The van der Waals surface area contributed by atoms with Gasteiger partial charge in [-0.25, -0.2) is 4.79 Å². The van der Waals surface area contributed by atoms with Crippen molar-refractivity contribution in [2.75, 3.05) is 19.5 Å². The second-order valence-electron chi connectivity index (χ2n) is 2.78. The van der Waals surface area contributed by atoms with Crippen LogP contribution >= 0.6 is 59.0 Å². The molecule has 0 radical (unpaired) electrons. The van der Waals surface area contributed by atoms with Crippen LogP contribution in [0.15, 0.2) is 6.07 Å². The number of benzene rings is 1. The molecule has 0 aliphatic rings. The van der Waals surface area contributed by atoms with Gasteiger partial charge in [-0.15, -0.1) is 0 Å². The molecule has 1 aromatic carbocycles. The topological polar surface area (TPSA) is 46.5 Å². The Kier molecular flexibility index (Phi) is 9.21. The second-order valence-corrected chi connectivity index (χ2v) is 4.80. The Hall–Kier alpha value is 0.160. The normalized spacial score (nSPS) is 9.50. The summed E-state index contributed by atoms with van der Waals surface area (Å²) in [5.41, 5.74) is 0.0187. The first-order valence-electron chi connectivity index (χ1n) is 4.53. The molecule has 0 bridgehead atoms. The van der Waals surface area contributed by atoms with Crippen molar-refractivity contribution in [3.8, 4) is 0 Å². The van der Waals surface area contributed by atoms with Gasteiger partial charge in [0.05, 0.1) is 39.4 Å². The predicted molar refractivity (Wildman–Crippen MR) is 78.8 cm³/mol. The van der Waals surface area contributed by atoms with Crippen molar-refractivity contribution in [3.63, 3.8) is 0 Å². The van der Waals surface area contributed by atoms with Crippen molar-refractivity contribution in [2.45, 2.75) is 0 Å². The van der Waals surface area contributed by atoms with E-state index in [-0.39, 0.29) is 32.3 Å². The van der Waals surface area contributed by atoms with E-state index in [1.807, 2.05) is 0 Å². The second kappa shape index (κ2) is 9.13. The fourth-order valence-electron chi connectivity index (χ4n) is 0.855. The molecule has 1 N–H and O–H groups in total. The molecule has 0 aromatic heterocycles. The lowest BCUT2D eigenvalue weighted by Crippen LogP contribution is -2.03. The van der Waals surface area contributed by atoms with Crippen LogP contribution in [0.1, 0.15) is 10.4 Å². The number of thiol groups is 1. The molecule has 0 amide bonds. The Bertz CT molecular complexity index is 424. The molecule has 1 aromatic rings. The monoisotopic (exact) mass is 350 g/mol. The molecule has 8 heteroatoms. The fourth-order valence-corrected chi connectivity index (χ4v) is 1.92. The third kappa shape index (κ3) is 5.03. The van der Waals surface area contributed by atoms with Gasteiger partial charge in [0.2, 0.25) is 0 Å². The van der Waals surface area contributed by atoms with Crippen LogP contribution in [-0.4, -0.2) is 30.5 Å². The van der Waals surface area contributed by atoms with Crippen molar-refractivity contribution in [2.24, 2.45) is 0 Å². The maximum absolute atomic E-state index is 11.2. The lowest BCUT2D eigenvalue weighted by atomic mass is 10.2. The molecule has 0 aliphatic heterocycles. The van der Waals surface area contributed by atoms with E-state index < -0.39 is 5.97 Å². The SMILES string of the molecule is COC(=O)c1c(Cl)cc(Cl)c(Cl)c1Cl.OCCS. The van der Waals surface area contributed by atoms with Gasteiger partial charge in [0, 0.05) is 5.75 Å². The molecule has 0 saturated carbocycles. The number of hydrogen-bond acceptors (Lipinski definition) is 4. The highest BCUT2D eigenvalue weighted by molar-refractivity contribution is 7.80. The number of carbonyl (C=O) groups is 1. The summed E-state index contributed by atoms with van der Waals surface area (Å²) in [7, 11) is 1.22. The minimum atomic E-state index is -0.654. The molecule has 0 atom stereocenters. The summed E-state index contributed by atoms with van der Waals surface area (Å²) in [5, 5.41) is 8.17. The van der Waals surface area contributed by atoms with Crippen LogP contribution in [0.3, 0.4) is 0 Å². The van der Waals surface area contributed by atoms with Gasteiger partial charge in [-0.3, -0.25) is 0 Å². The quantitative estimate of drug-likeness (QED) is 0.366. The maximum Gasteiger partial charge on any atom is 0.340 e. The molecule has 18 heavy (non-hydrogen) atoms. The average Bonchev–Trinajstić information content (AvgIpc) is 2.36. The molecule has 0 heterocycles. The zero-order valence-corrected chi connectivity index (χ0v) is 13.1. The summed E-state index contributed by atoms with van der Waals surface area (Å²) in [5.74, 6) is -0.0847. The van der Waals surface area contributed by atoms with Crippen LogP contribution in [0.5, 0.6) is 0 Å². The summed E-state index contributed by atoms with van der Waals surface area (Å²) in [6.07, 6.45) is 0. The summed E-state index contributed by atoms with van der Waals surface area (Å²) >= 11 is 26.6. The number of aliphatic hydroxyl groups is 1. The van der Waals surface area contributed by atoms with Crippen molar-refractivity contribution in [3.05, 3.63) is 31.7 Å². The van der Waals surface area contributed by atoms with Crippen molar-refractivity contribution >= 4 is 65.0 Å². The molecule has 3 nitrogen and oxygen atoms in total. The largest absolute Gasteiger partial charge is 0.465 e. The predicted octanol–water partition coefficient (Wildman–Crippen LogP) is 4.00. The van der Waals surface area contributed by atoms with Crippen LogP contribution in [0, 0.1) is 0 Å². The van der Waals surface area contributed by atoms with Gasteiger partial charge >= 0.3 is 5.97 Å². The van der Waals surface area contributed by atoms with Gasteiger partial charge < -0.3 is 9.84 Å². The Morgan fingerprint density at radius 3 is 2.17 bits per heavy atom. The van der Waals surface area contributed by atoms with Gasteiger partial charge in [-0.2, -0.15) is 12.6 Å². The van der Waals surface area contributed by atoms with E-state index in [1.165, 1.54) is 13.2 Å². The highest BCUT2D eigenvalue weighted by Gasteiger charge is 2.20. The Balaban J connectivity index is 0.000000631. The van der Waals surface area contributed by atoms with Gasteiger partial charge in [-0.1, -0.05) is 46.4 Å². The molecule has 0 aliphatic carbocycles. The van der Waals surface area contributed by atoms with Gasteiger partial charge in [-0.05, 0) is 6.07 Å². The molecule has 0 saturated heterocycles. The lowest BCUT2D eigenvalue weighted by molar-refractivity contribution is 0.0601. The standard InChI is InChI=1S/C8H4Cl4O2.C2H6OS/c1-14-8(13)5-3(9)2-4(10)6(11)7(5)12;3-1-2-4/h2H,1H3;3-4H,1-2H2. The van der Waals surface area contributed by atoms with Gasteiger partial charge in [0.25, 0.3) is 0 Å². The first-order chi connectivity index (χ1) is 8.40. The fraction of sp³-hybridized carbons (Fsp3) is 0.300. The van der Waals surface area contributed by atoms with E-state index in [9.17, 15) is 4.79 Å². The summed E-state index contributed by atoms with van der Waals surface area (Å²) in [4.78, 5) is 11.2. The molecule has 0 fully saturated rings. The zero-order valence-electron chi connectivity index (χ0n) is 9.21. The van der Waals surface area contributed by atoms with E-state index in [1.54, 1.807) is 0 Å². The first-order valence-corrected chi connectivity index (χ1v) is 6.68. The van der Waals surface area contributed by atoms with E-state index in [0.29, 0.717) is 5.75 Å². The highest BCUT2D eigenvalue weighted by Crippen LogP contribution is 2.37. The van der Waals surface area contributed by atoms with E-state index in [2.05, 4.69) is 17.4 Å². The minimum absolute atomic E-state index is 0.00369. The Morgan fingerprint density at radius 1 is 1.28 bits per heavy atom. The molecule has 0 spiro atoms. The number of carbonyl (C=O) groups excluding carboxylic acids is 1. The minimum Gasteiger partial charge on any atom is -0.465 e. The maximum atomic E-state index is 11.2. The molecule has 102 valence electrons. The van der Waals surface area contributed by atoms with E-state index in [4.69, 9.17) is 51.5 Å². The van der Waals surface area contributed by atoms with Crippen molar-refractivity contribution < 1.29 is 14.6 Å². The molecular weight excluding hydrogens is 342 g/mol. The number of ether oxygens (including phenoxy) is 1. The number of halogens is 4. The average molecular weight is 352 g/mol. The Labute approximate surface area is 130 Å². The van der Waals surface area contributed by atoms with Crippen LogP contribution < -0.4 is 0 Å².